The molecule has 72 valence electrons. The molecule has 5 heteroatoms. The Morgan fingerprint density at radius 2 is 2.08 bits per heavy atom. The average Bonchev–Trinajstić information content (AvgIpc) is 2.03. The van der Waals surface area contributed by atoms with Gasteiger partial charge in [-0.25, -0.2) is 13.8 Å². The van der Waals surface area contributed by atoms with Gasteiger partial charge in [0.2, 0.25) is 0 Å². The van der Waals surface area contributed by atoms with Crippen LogP contribution >= 0.6 is 23.2 Å². The number of rotatable bonds is 2. The molecule has 0 radical (unpaired) electrons. The van der Waals surface area contributed by atoms with Gasteiger partial charge in [-0.3, -0.25) is 0 Å². The smallest absolute Gasteiger partial charge is 0.244 e. The van der Waals surface area contributed by atoms with E-state index in [-0.39, 0.29) is 22.2 Å². The van der Waals surface area contributed by atoms with Gasteiger partial charge in [-0.2, -0.15) is 0 Å². The molecule has 0 aliphatic heterocycles. The number of pyridine rings is 1. The molecule has 0 aromatic carbocycles. The van der Waals surface area contributed by atoms with Gasteiger partial charge in [0.15, 0.2) is 0 Å². The van der Waals surface area contributed by atoms with Crippen LogP contribution in [-0.2, 0) is 5.92 Å². The van der Waals surface area contributed by atoms with Crippen molar-refractivity contribution in [3.63, 3.8) is 0 Å². The van der Waals surface area contributed by atoms with Gasteiger partial charge in [0.05, 0.1) is 10.6 Å². The Morgan fingerprint density at radius 1 is 1.46 bits per heavy atom. The van der Waals surface area contributed by atoms with Crippen LogP contribution in [0.4, 0.5) is 8.78 Å². The fourth-order valence-electron chi connectivity index (χ4n) is 0.867. The van der Waals surface area contributed by atoms with E-state index in [1.165, 1.54) is 13.0 Å². The summed E-state index contributed by atoms with van der Waals surface area (Å²) in [7, 11) is 0. The highest BCUT2D eigenvalue weighted by atomic mass is 35.5. The molecule has 0 amide bonds. The third-order valence-electron chi connectivity index (χ3n) is 1.66. The van der Waals surface area contributed by atoms with E-state index in [4.69, 9.17) is 23.2 Å². The SMILES string of the molecule is CCC(F)(F)c1cnc(Cl)cc1Cl. The predicted molar refractivity (Wildman–Crippen MR) is 48.4 cm³/mol. The molecule has 1 aromatic rings. The van der Waals surface area contributed by atoms with Gasteiger partial charge in [0, 0.05) is 12.6 Å². The molecule has 0 fully saturated rings. The molecule has 0 saturated heterocycles. The zero-order valence-corrected chi connectivity index (χ0v) is 8.33. The Bertz CT molecular complexity index is 315. The quantitative estimate of drug-likeness (QED) is 0.697. The zero-order valence-electron chi connectivity index (χ0n) is 6.82. The summed E-state index contributed by atoms with van der Waals surface area (Å²) in [6.07, 6.45) is 0.699. The van der Waals surface area contributed by atoms with Gasteiger partial charge in [0.25, 0.3) is 5.92 Å². The highest BCUT2D eigenvalue weighted by molar-refractivity contribution is 6.34. The van der Waals surface area contributed by atoms with Crippen molar-refractivity contribution in [2.24, 2.45) is 0 Å². The first-order valence-electron chi connectivity index (χ1n) is 3.66. The maximum absolute atomic E-state index is 13.1. The molecule has 0 aliphatic rings. The average molecular weight is 226 g/mol. The largest absolute Gasteiger partial charge is 0.275 e. The van der Waals surface area contributed by atoms with Gasteiger partial charge in [-0.05, 0) is 6.07 Å². The van der Waals surface area contributed by atoms with Crippen LogP contribution in [0.2, 0.25) is 10.2 Å². The van der Waals surface area contributed by atoms with Crippen molar-refractivity contribution in [3.8, 4) is 0 Å². The van der Waals surface area contributed by atoms with E-state index in [1.807, 2.05) is 0 Å². The highest BCUT2D eigenvalue weighted by Gasteiger charge is 2.31. The first kappa shape index (κ1) is 10.7. The minimum atomic E-state index is -2.94. The lowest BCUT2D eigenvalue weighted by molar-refractivity contribution is -0.00849. The molecule has 1 heterocycles. The molecular formula is C8H7Cl2F2N. The molecule has 0 N–H and O–H groups in total. The fourth-order valence-corrected chi connectivity index (χ4v) is 1.37. The molecule has 0 spiro atoms. The fraction of sp³-hybridized carbons (Fsp3) is 0.375. The van der Waals surface area contributed by atoms with Crippen molar-refractivity contribution >= 4 is 23.2 Å². The molecule has 0 aliphatic carbocycles. The number of hydrogen-bond donors (Lipinski definition) is 0. The highest BCUT2D eigenvalue weighted by Crippen LogP contribution is 2.36. The minimum Gasteiger partial charge on any atom is -0.244 e. The third-order valence-corrected chi connectivity index (χ3v) is 2.18. The first-order chi connectivity index (χ1) is 5.97. The van der Waals surface area contributed by atoms with Crippen LogP contribution < -0.4 is 0 Å². The monoisotopic (exact) mass is 225 g/mol. The number of alkyl halides is 2. The summed E-state index contributed by atoms with van der Waals surface area (Å²) in [5.41, 5.74) is -0.277. The number of aromatic nitrogens is 1. The lowest BCUT2D eigenvalue weighted by atomic mass is 10.1. The Morgan fingerprint density at radius 3 is 2.54 bits per heavy atom. The zero-order chi connectivity index (χ0) is 10.1. The second-order valence-corrected chi connectivity index (χ2v) is 3.34. The second-order valence-electron chi connectivity index (χ2n) is 2.54. The minimum absolute atomic E-state index is 0.0492. The van der Waals surface area contributed by atoms with Crippen molar-refractivity contribution in [1.29, 1.82) is 0 Å². The van der Waals surface area contributed by atoms with Gasteiger partial charge < -0.3 is 0 Å². The van der Waals surface area contributed by atoms with Crippen molar-refractivity contribution in [1.82, 2.24) is 4.98 Å². The van der Waals surface area contributed by atoms with Crippen LogP contribution in [0, 0.1) is 0 Å². The molecule has 1 aromatic heterocycles. The summed E-state index contributed by atoms with van der Waals surface area (Å²) in [5.74, 6) is -2.94. The summed E-state index contributed by atoms with van der Waals surface area (Å²) in [4.78, 5) is 3.56. The van der Waals surface area contributed by atoms with Gasteiger partial charge in [0.1, 0.15) is 5.15 Å². The Kier molecular flexibility index (Phi) is 3.09. The van der Waals surface area contributed by atoms with E-state index in [0.29, 0.717) is 0 Å². The molecule has 0 atom stereocenters. The van der Waals surface area contributed by atoms with E-state index in [0.717, 1.165) is 6.20 Å². The van der Waals surface area contributed by atoms with Crippen LogP contribution in [0.1, 0.15) is 18.9 Å². The van der Waals surface area contributed by atoms with E-state index in [2.05, 4.69) is 4.98 Å². The van der Waals surface area contributed by atoms with E-state index in [1.54, 1.807) is 0 Å². The van der Waals surface area contributed by atoms with Crippen molar-refractivity contribution in [2.75, 3.05) is 0 Å². The Hall–Kier alpha value is -0.410. The topological polar surface area (TPSA) is 12.9 Å². The van der Waals surface area contributed by atoms with Gasteiger partial charge >= 0.3 is 0 Å². The molecule has 0 bridgehead atoms. The van der Waals surface area contributed by atoms with Crippen LogP contribution in [0.5, 0.6) is 0 Å². The standard InChI is InChI=1S/C8H7Cl2F2N/c1-2-8(11,12)5-4-13-7(10)3-6(5)9/h3-4H,2H2,1H3. The summed E-state index contributed by atoms with van der Waals surface area (Å²) < 4.78 is 26.2. The Labute approximate surface area is 84.7 Å². The van der Waals surface area contributed by atoms with Crippen molar-refractivity contribution < 1.29 is 8.78 Å². The van der Waals surface area contributed by atoms with Gasteiger partial charge in [-0.15, -0.1) is 0 Å². The maximum atomic E-state index is 13.1. The maximum Gasteiger partial charge on any atom is 0.275 e. The van der Waals surface area contributed by atoms with Crippen LogP contribution in [-0.4, -0.2) is 4.98 Å². The van der Waals surface area contributed by atoms with E-state index >= 15 is 0 Å². The number of halogens is 4. The normalized spacial score (nSPS) is 11.8. The first-order valence-corrected chi connectivity index (χ1v) is 4.42. The van der Waals surface area contributed by atoms with Crippen molar-refractivity contribution in [2.45, 2.75) is 19.3 Å². The van der Waals surface area contributed by atoms with E-state index < -0.39 is 5.92 Å². The lowest BCUT2D eigenvalue weighted by Gasteiger charge is -2.14. The summed E-state index contributed by atoms with van der Waals surface area (Å²) in [6.45, 7) is 1.38. The molecule has 13 heavy (non-hydrogen) atoms. The summed E-state index contributed by atoms with van der Waals surface area (Å²) >= 11 is 11.1. The van der Waals surface area contributed by atoms with Gasteiger partial charge in [-0.1, -0.05) is 30.1 Å². The van der Waals surface area contributed by atoms with Crippen LogP contribution in [0.15, 0.2) is 12.3 Å². The third kappa shape index (κ3) is 2.29. The molecule has 1 nitrogen and oxygen atoms in total. The van der Waals surface area contributed by atoms with Crippen LogP contribution in [0.25, 0.3) is 0 Å². The second kappa shape index (κ2) is 3.76. The molecule has 0 unspecified atom stereocenters. The molecule has 0 saturated carbocycles. The van der Waals surface area contributed by atoms with Crippen LogP contribution in [0.3, 0.4) is 0 Å². The van der Waals surface area contributed by atoms with E-state index in [9.17, 15) is 8.78 Å². The molecular weight excluding hydrogens is 219 g/mol. The molecule has 1 rings (SSSR count). The Balaban J connectivity index is 3.16. The number of hydrogen-bond acceptors (Lipinski definition) is 1. The predicted octanol–water partition coefficient (Wildman–Crippen LogP) is 3.89. The van der Waals surface area contributed by atoms with Crippen molar-refractivity contribution in [3.05, 3.63) is 28.0 Å². The summed E-state index contributed by atoms with van der Waals surface area (Å²) in [5, 5.41) is 0.0625. The lowest BCUT2D eigenvalue weighted by Crippen LogP contribution is -2.12. The number of nitrogens with zero attached hydrogens (tertiary/aromatic N) is 1. The summed E-state index contributed by atoms with van der Waals surface area (Å²) in [6, 6.07) is 1.21.